The molecule has 0 aliphatic heterocycles. The van der Waals surface area contributed by atoms with Gasteiger partial charge in [0.25, 0.3) is 0 Å². The molecule has 2 rings (SSSR count). The maximum absolute atomic E-state index is 13.0. The summed E-state index contributed by atoms with van der Waals surface area (Å²) in [7, 11) is 0. The van der Waals surface area contributed by atoms with Gasteiger partial charge in [-0.1, -0.05) is 0 Å². The van der Waals surface area contributed by atoms with Crippen LogP contribution in [0.5, 0.6) is 0 Å². The van der Waals surface area contributed by atoms with E-state index in [0.29, 0.717) is 5.52 Å². The number of carbonyl (C=O) groups is 1. The van der Waals surface area contributed by atoms with Gasteiger partial charge in [0, 0.05) is 5.56 Å². The third kappa shape index (κ3) is 1.55. The van der Waals surface area contributed by atoms with E-state index in [1.165, 1.54) is 12.4 Å². The van der Waals surface area contributed by atoms with E-state index in [9.17, 15) is 14.3 Å². The summed E-state index contributed by atoms with van der Waals surface area (Å²) in [6, 6.07) is 2.14. The molecule has 0 amide bonds. The van der Waals surface area contributed by atoms with Crippen LogP contribution in [0.4, 0.5) is 4.39 Å². The number of fused-ring (bicyclic) bond motifs is 1. The number of aromatic amines is 1. The molecule has 2 aromatic rings. The zero-order valence-electron chi connectivity index (χ0n) is 7.44. The Morgan fingerprint density at radius 3 is 2.93 bits per heavy atom. The van der Waals surface area contributed by atoms with Crippen molar-refractivity contribution in [2.75, 3.05) is 0 Å². The number of aromatic nitrogens is 2. The molecular weight excluding hydrogens is 203 g/mol. The second kappa shape index (κ2) is 3.32. The summed E-state index contributed by atoms with van der Waals surface area (Å²) in [5, 5.41) is 17.9. The lowest BCUT2D eigenvalue weighted by Crippen LogP contribution is -2.11. The standard InChI is InChI=1S/C9H7FN2O3/c10-4-1-5(8(13)9(14)15)7-6(2-4)11-3-12-7/h1-3,8,13H,(H,11,12)(H,14,15). The van der Waals surface area contributed by atoms with Crippen molar-refractivity contribution in [3.63, 3.8) is 0 Å². The molecule has 0 saturated heterocycles. The largest absolute Gasteiger partial charge is 0.479 e. The van der Waals surface area contributed by atoms with E-state index in [1.54, 1.807) is 0 Å². The number of nitrogens with zero attached hydrogens (tertiary/aromatic N) is 1. The number of imidazole rings is 1. The monoisotopic (exact) mass is 210 g/mol. The number of aliphatic carboxylic acids is 1. The fourth-order valence-electron chi connectivity index (χ4n) is 1.38. The molecular formula is C9H7FN2O3. The molecule has 0 bridgehead atoms. The van der Waals surface area contributed by atoms with Crippen molar-refractivity contribution in [1.29, 1.82) is 0 Å². The van der Waals surface area contributed by atoms with Crippen molar-refractivity contribution in [3.05, 3.63) is 29.8 Å². The number of halogens is 1. The Morgan fingerprint density at radius 2 is 2.27 bits per heavy atom. The maximum atomic E-state index is 13.0. The first kappa shape index (κ1) is 9.60. The van der Waals surface area contributed by atoms with Gasteiger partial charge in [0.05, 0.1) is 17.4 Å². The molecule has 1 aromatic heterocycles. The summed E-state index contributed by atoms with van der Waals surface area (Å²) < 4.78 is 13.0. The summed E-state index contributed by atoms with van der Waals surface area (Å²) in [6.45, 7) is 0. The second-order valence-electron chi connectivity index (χ2n) is 3.03. The van der Waals surface area contributed by atoms with Gasteiger partial charge >= 0.3 is 5.97 Å². The maximum Gasteiger partial charge on any atom is 0.337 e. The first-order chi connectivity index (χ1) is 7.09. The van der Waals surface area contributed by atoms with Crippen LogP contribution in [0.15, 0.2) is 18.5 Å². The van der Waals surface area contributed by atoms with Crippen LogP contribution in [0.3, 0.4) is 0 Å². The summed E-state index contributed by atoms with van der Waals surface area (Å²) in [6.07, 6.45) is -0.464. The summed E-state index contributed by atoms with van der Waals surface area (Å²) in [4.78, 5) is 17.0. The quantitative estimate of drug-likeness (QED) is 0.684. The minimum Gasteiger partial charge on any atom is -0.479 e. The van der Waals surface area contributed by atoms with Gasteiger partial charge < -0.3 is 15.2 Å². The molecule has 1 atom stereocenters. The van der Waals surface area contributed by atoms with E-state index in [4.69, 9.17) is 5.11 Å². The lowest BCUT2D eigenvalue weighted by Gasteiger charge is -2.06. The molecule has 0 aliphatic carbocycles. The third-order valence-corrected chi connectivity index (χ3v) is 2.05. The fourth-order valence-corrected chi connectivity index (χ4v) is 1.38. The van der Waals surface area contributed by atoms with Gasteiger partial charge in [0.15, 0.2) is 6.10 Å². The lowest BCUT2D eigenvalue weighted by atomic mass is 10.1. The van der Waals surface area contributed by atoms with Gasteiger partial charge in [-0.05, 0) is 12.1 Å². The van der Waals surface area contributed by atoms with Crippen molar-refractivity contribution in [2.45, 2.75) is 6.10 Å². The predicted molar refractivity (Wildman–Crippen MR) is 48.6 cm³/mol. The molecule has 0 fully saturated rings. The van der Waals surface area contributed by atoms with Crippen LogP contribution < -0.4 is 0 Å². The van der Waals surface area contributed by atoms with E-state index < -0.39 is 17.9 Å². The predicted octanol–water partition coefficient (Wildman–Crippen LogP) is 0.820. The van der Waals surface area contributed by atoms with Gasteiger partial charge in [-0.15, -0.1) is 0 Å². The summed E-state index contributed by atoms with van der Waals surface area (Å²) in [5.74, 6) is -2.06. The van der Waals surface area contributed by atoms with E-state index >= 15 is 0 Å². The summed E-state index contributed by atoms with van der Waals surface area (Å²) in [5.41, 5.74) is 0.551. The Labute approximate surface area is 83.2 Å². The number of aliphatic hydroxyl groups is 1. The number of hydrogen-bond donors (Lipinski definition) is 3. The number of H-pyrrole nitrogens is 1. The third-order valence-electron chi connectivity index (χ3n) is 2.05. The van der Waals surface area contributed by atoms with Crippen molar-refractivity contribution in [1.82, 2.24) is 9.97 Å². The highest BCUT2D eigenvalue weighted by atomic mass is 19.1. The Bertz CT molecular complexity index is 523. The SMILES string of the molecule is O=C(O)C(O)c1cc(F)cc2[nH]cnc12. The molecule has 0 aliphatic rings. The Balaban J connectivity index is 2.67. The van der Waals surface area contributed by atoms with Crippen molar-refractivity contribution in [3.8, 4) is 0 Å². The smallest absolute Gasteiger partial charge is 0.337 e. The molecule has 1 heterocycles. The number of benzene rings is 1. The van der Waals surface area contributed by atoms with Gasteiger partial charge in [-0.25, -0.2) is 14.2 Å². The fraction of sp³-hybridized carbons (Fsp3) is 0.111. The second-order valence-corrected chi connectivity index (χ2v) is 3.03. The van der Waals surface area contributed by atoms with Crippen LogP contribution in [-0.2, 0) is 4.79 Å². The van der Waals surface area contributed by atoms with E-state index in [1.807, 2.05) is 0 Å². The zero-order chi connectivity index (χ0) is 11.0. The van der Waals surface area contributed by atoms with E-state index in [2.05, 4.69) is 9.97 Å². The molecule has 15 heavy (non-hydrogen) atoms. The van der Waals surface area contributed by atoms with Crippen molar-refractivity contribution >= 4 is 17.0 Å². The van der Waals surface area contributed by atoms with E-state index in [0.717, 1.165) is 6.07 Å². The van der Waals surface area contributed by atoms with Crippen LogP contribution in [-0.4, -0.2) is 26.2 Å². The normalized spacial score (nSPS) is 12.9. The Morgan fingerprint density at radius 1 is 1.53 bits per heavy atom. The highest BCUT2D eigenvalue weighted by molar-refractivity contribution is 5.85. The zero-order valence-corrected chi connectivity index (χ0v) is 7.44. The van der Waals surface area contributed by atoms with Gasteiger partial charge in [-0.2, -0.15) is 0 Å². The average molecular weight is 210 g/mol. The van der Waals surface area contributed by atoms with Crippen molar-refractivity contribution in [2.24, 2.45) is 0 Å². The Kier molecular flexibility index (Phi) is 2.12. The number of aliphatic hydroxyl groups excluding tert-OH is 1. The number of rotatable bonds is 2. The van der Waals surface area contributed by atoms with Crippen LogP contribution in [0.25, 0.3) is 11.0 Å². The van der Waals surface area contributed by atoms with Crippen LogP contribution in [0.2, 0.25) is 0 Å². The minimum absolute atomic E-state index is 0.0567. The van der Waals surface area contributed by atoms with Crippen LogP contribution in [0.1, 0.15) is 11.7 Å². The minimum atomic E-state index is -1.77. The first-order valence-corrected chi connectivity index (χ1v) is 4.13. The molecule has 3 N–H and O–H groups in total. The van der Waals surface area contributed by atoms with Crippen LogP contribution >= 0.6 is 0 Å². The molecule has 78 valence electrons. The molecule has 5 nitrogen and oxygen atoms in total. The van der Waals surface area contributed by atoms with Crippen LogP contribution in [0, 0.1) is 5.82 Å². The molecule has 1 unspecified atom stereocenters. The molecule has 6 heteroatoms. The highest BCUT2D eigenvalue weighted by Crippen LogP contribution is 2.23. The molecule has 0 saturated carbocycles. The summed E-state index contributed by atoms with van der Waals surface area (Å²) >= 11 is 0. The first-order valence-electron chi connectivity index (χ1n) is 4.13. The van der Waals surface area contributed by atoms with Gasteiger partial charge in [-0.3, -0.25) is 0 Å². The van der Waals surface area contributed by atoms with Gasteiger partial charge in [0.1, 0.15) is 5.82 Å². The molecule has 1 aromatic carbocycles. The number of nitrogens with one attached hydrogen (secondary N) is 1. The number of hydrogen-bond acceptors (Lipinski definition) is 3. The molecule has 0 radical (unpaired) electrons. The number of carboxylic acids is 1. The van der Waals surface area contributed by atoms with Crippen molar-refractivity contribution < 1.29 is 19.4 Å². The topological polar surface area (TPSA) is 86.2 Å². The lowest BCUT2D eigenvalue weighted by molar-refractivity contribution is -0.146. The van der Waals surface area contributed by atoms with Gasteiger partial charge in [0.2, 0.25) is 0 Å². The highest BCUT2D eigenvalue weighted by Gasteiger charge is 2.20. The number of carboxylic acid groups (broad SMARTS) is 1. The molecule has 0 spiro atoms. The average Bonchev–Trinajstić information content (AvgIpc) is 2.62. The van der Waals surface area contributed by atoms with E-state index in [-0.39, 0.29) is 11.1 Å². The Hall–Kier alpha value is -1.95.